The van der Waals surface area contributed by atoms with Gasteiger partial charge in [-0.25, -0.2) is 4.79 Å². The van der Waals surface area contributed by atoms with Gasteiger partial charge in [-0.3, -0.25) is 4.90 Å². The van der Waals surface area contributed by atoms with E-state index in [2.05, 4.69) is 4.90 Å². The highest BCUT2D eigenvalue weighted by molar-refractivity contribution is 6.04. The largest absolute Gasteiger partial charge is 0.492 e. The number of nitrogens with zero attached hydrogens (tertiary/aromatic N) is 1. The van der Waals surface area contributed by atoms with Gasteiger partial charge in [0.25, 0.3) is 0 Å². The third-order valence-corrected chi connectivity index (χ3v) is 4.97. The van der Waals surface area contributed by atoms with E-state index in [9.17, 15) is 4.79 Å². The fourth-order valence-corrected chi connectivity index (χ4v) is 3.58. The van der Waals surface area contributed by atoms with Crippen LogP contribution in [0.3, 0.4) is 0 Å². The second-order valence-electron chi connectivity index (χ2n) is 6.85. The third kappa shape index (κ3) is 3.40. The molecule has 0 spiro atoms. The summed E-state index contributed by atoms with van der Waals surface area (Å²) >= 11 is 0. The SMILES string of the molecule is Cc1ccc2c(c1)oc(=O)c1cc(OCCN3CCCCC3)ccc12. The van der Waals surface area contributed by atoms with E-state index in [1.807, 2.05) is 37.3 Å². The summed E-state index contributed by atoms with van der Waals surface area (Å²) in [6.07, 6.45) is 3.90. The zero-order chi connectivity index (χ0) is 17.2. The van der Waals surface area contributed by atoms with Gasteiger partial charge in [-0.1, -0.05) is 18.6 Å². The second-order valence-corrected chi connectivity index (χ2v) is 6.85. The molecule has 0 saturated carbocycles. The molecule has 2 heterocycles. The van der Waals surface area contributed by atoms with Crippen LogP contribution in [-0.4, -0.2) is 31.1 Å². The van der Waals surface area contributed by atoms with Crippen LogP contribution in [0.15, 0.2) is 45.6 Å². The minimum absolute atomic E-state index is 0.311. The van der Waals surface area contributed by atoms with E-state index < -0.39 is 0 Å². The van der Waals surface area contributed by atoms with Crippen molar-refractivity contribution in [3.8, 4) is 5.75 Å². The normalized spacial score (nSPS) is 15.7. The maximum absolute atomic E-state index is 12.3. The summed E-state index contributed by atoms with van der Waals surface area (Å²) < 4.78 is 11.4. The van der Waals surface area contributed by atoms with Crippen molar-refractivity contribution in [2.24, 2.45) is 0 Å². The number of ether oxygens (including phenoxy) is 1. The Morgan fingerprint density at radius 3 is 2.64 bits per heavy atom. The molecule has 1 saturated heterocycles. The number of benzene rings is 2. The number of fused-ring (bicyclic) bond motifs is 3. The summed E-state index contributed by atoms with van der Waals surface area (Å²) in [5, 5.41) is 2.45. The lowest BCUT2D eigenvalue weighted by molar-refractivity contribution is 0.183. The van der Waals surface area contributed by atoms with Crippen LogP contribution in [0.5, 0.6) is 5.75 Å². The Labute approximate surface area is 147 Å². The molecule has 3 aromatic rings. The minimum Gasteiger partial charge on any atom is -0.492 e. The van der Waals surface area contributed by atoms with E-state index in [4.69, 9.17) is 9.15 Å². The molecule has 0 radical (unpaired) electrons. The molecule has 4 nitrogen and oxygen atoms in total. The highest BCUT2D eigenvalue weighted by Crippen LogP contribution is 2.26. The zero-order valence-corrected chi connectivity index (χ0v) is 14.6. The predicted molar refractivity (Wildman–Crippen MR) is 101 cm³/mol. The fourth-order valence-electron chi connectivity index (χ4n) is 3.58. The molecule has 25 heavy (non-hydrogen) atoms. The van der Waals surface area contributed by atoms with Crippen LogP contribution in [0.2, 0.25) is 0 Å². The van der Waals surface area contributed by atoms with E-state index in [0.717, 1.165) is 41.7 Å². The van der Waals surface area contributed by atoms with E-state index >= 15 is 0 Å². The Morgan fingerprint density at radius 1 is 1.00 bits per heavy atom. The number of piperidine rings is 1. The predicted octanol–water partition coefficient (Wildman–Crippen LogP) is 4.12. The van der Waals surface area contributed by atoms with Gasteiger partial charge in [0.05, 0.1) is 5.39 Å². The number of hydrogen-bond acceptors (Lipinski definition) is 4. The minimum atomic E-state index is -0.311. The van der Waals surface area contributed by atoms with Crippen molar-refractivity contribution in [1.29, 1.82) is 0 Å². The summed E-state index contributed by atoms with van der Waals surface area (Å²) in [6.45, 7) is 5.89. The van der Waals surface area contributed by atoms with Crippen molar-refractivity contribution < 1.29 is 9.15 Å². The van der Waals surface area contributed by atoms with Crippen LogP contribution in [0.4, 0.5) is 0 Å². The van der Waals surface area contributed by atoms with Crippen molar-refractivity contribution in [2.75, 3.05) is 26.2 Å². The molecule has 0 atom stereocenters. The second kappa shape index (κ2) is 6.89. The number of aryl methyl sites for hydroxylation is 1. The van der Waals surface area contributed by atoms with Crippen molar-refractivity contribution >= 4 is 21.7 Å². The first-order chi connectivity index (χ1) is 12.2. The number of hydrogen-bond donors (Lipinski definition) is 0. The lowest BCUT2D eigenvalue weighted by Gasteiger charge is -2.26. The Bertz CT molecular complexity index is 954. The lowest BCUT2D eigenvalue weighted by atomic mass is 10.1. The van der Waals surface area contributed by atoms with Crippen molar-refractivity contribution in [3.05, 3.63) is 52.4 Å². The average Bonchev–Trinajstić information content (AvgIpc) is 2.63. The van der Waals surface area contributed by atoms with Gasteiger partial charge < -0.3 is 9.15 Å². The van der Waals surface area contributed by atoms with E-state index in [0.29, 0.717) is 17.6 Å². The molecule has 2 aromatic carbocycles. The topological polar surface area (TPSA) is 42.7 Å². The van der Waals surface area contributed by atoms with Gasteiger partial charge in [0.15, 0.2) is 0 Å². The Balaban J connectivity index is 1.57. The molecule has 1 aliphatic rings. The van der Waals surface area contributed by atoms with E-state index in [1.54, 1.807) is 6.07 Å². The summed E-state index contributed by atoms with van der Waals surface area (Å²) in [6, 6.07) is 11.6. The lowest BCUT2D eigenvalue weighted by Crippen LogP contribution is -2.33. The molecule has 130 valence electrons. The highest BCUT2D eigenvalue weighted by atomic mass is 16.5. The Hall–Kier alpha value is -2.33. The van der Waals surface area contributed by atoms with E-state index in [-0.39, 0.29) is 5.63 Å². The molecule has 0 aliphatic carbocycles. The summed E-state index contributed by atoms with van der Waals surface area (Å²) in [5.74, 6) is 0.725. The Kier molecular flexibility index (Phi) is 4.45. The van der Waals surface area contributed by atoms with Crippen LogP contribution in [0.1, 0.15) is 24.8 Å². The molecule has 0 amide bonds. The van der Waals surface area contributed by atoms with Crippen LogP contribution < -0.4 is 10.4 Å². The third-order valence-electron chi connectivity index (χ3n) is 4.97. The average molecular weight is 337 g/mol. The standard InChI is InChI=1S/C21H23NO3/c1-15-5-7-18-17-8-6-16(14-19(17)21(23)25-20(18)13-15)24-12-11-22-9-3-2-4-10-22/h5-8,13-14H,2-4,9-12H2,1H3. The highest BCUT2D eigenvalue weighted by Gasteiger charge is 2.11. The van der Waals surface area contributed by atoms with Crippen LogP contribution in [0, 0.1) is 6.92 Å². The number of rotatable bonds is 4. The van der Waals surface area contributed by atoms with Crippen molar-refractivity contribution in [2.45, 2.75) is 26.2 Å². The molecular formula is C21H23NO3. The van der Waals surface area contributed by atoms with Crippen LogP contribution >= 0.6 is 0 Å². The molecule has 0 bridgehead atoms. The number of likely N-dealkylation sites (tertiary alicyclic amines) is 1. The van der Waals surface area contributed by atoms with E-state index in [1.165, 1.54) is 19.3 Å². The van der Waals surface area contributed by atoms with Gasteiger partial charge in [-0.2, -0.15) is 0 Å². The molecule has 0 unspecified atom stereocenters. The summed E-state index contributed by atoms with van der Waals surface area (Å²) in [5.41, 5.74) is 1.40. The first-order valence-electron chi connectivity index (χ1n) is 9.03. The molecule has 4 heteroatoms. The van der Waals surface area contributed by atoms with Gasteiger partial charge in [0.1, 0.15) is 17.9 Å². The van der Waals surface area contributed by atoms with Gasteiger partial charge in [-0.05, 0) is 62.7 Å². The van der Waals surface area contributed by atoms with Crippen molar-refractivity contribution in [3.63, 3.8) is 0 Å². The van der Waals surface area contributed by atoms with Gasteiger partial charge >= 0.3 is 5.63 Å². The molecule has 4 rings (SSSR count). The fraction of sp³-hybridized carbons (Fsp3) is 0.381. The quantitative estimate of drug-likeness (QED) is 0.530. The molecule has 1 aromatic heterocycles. The van der Waals surface area contributed by atoms with Crippen LogP contribution in [0.25, 0.3) is 21.7 Å². The van der Waals surface area contributed by atoms with Gasteiger partial charge in [0, 0.05) is 17.3 Å². The zero-order valence-electron chi connectivity index (χ0n) is 14.6. The summed E-state index contributed by atoms with van der Waals surface area (Å²) in [7, 11) is 0. The van der Waals surface area contributed by atoms with Gasteiger partial charge in [-0.15, -0.1) is 0 Å². The van der Waals surface area contributed by atoms with Gasteiger partial charge in [0.2, 0.25) is 0 Å². The summed E-state index contributed by atoms with van der Waals surface area (Å²) in [4.78, 5) is 14.8. The first-order valence-corrected chi connectivity index (χ1v) is 9.03. The monoisotopic (exact) mass is 337 g/mol. The van der Waals surface area contributed by atoms with Crippen molar-refractivity contribution in [1.82, 2.24) is 4.90 Å². The maximum Gasteiger partial charge on any atom is 0.344 e. The smallest absolute Gasteiger partial charge is 0.344 e. The first kappa shape index (κ1) is 16.2. The van der Waals surface area contributed by atoms with Crippen LogP contribution in [-0.2, 0) is 0 Å². The molecule has 0 N–H and O–H groups in total. The molecule has 1 aliphatic heterocycles. The molecular weight excluding hydrogens is 314 g/mol. The maximum atomic E-state index is 12.3. The Morgan fingerprint density at radius 2 is 1.80 bits per heavy atom. The molecule has 1 fully saturated rings.